The molecule has 1 aromatic heterocycles. The maximum absolute atomic E-state index is 2.81. The van der Waals surface area contributed by atoms with E-state index < -0.39 is 0 Å². The summed E-state index contributed by atoms with van der Waals surface area (Å²) in [5.41, 5.74) is 40.9. The summed E-state index contributed by atoms with van der Waals surface area (Å²) in [6, 6.07) is 129. The summed E-state index contributed by atoms with van der Waals surface area (Å²) >= 11 is 0. The molecule has 124 heavy (non-hydrogen) atoms. The number of hydrogen-bond donors (Lipinski definition) is 0. The van der Waals surface area contributed by atoms with Crippen LogP contribution in [0.15, 0.2) is 334 Å². The maximum atomic E-state index is 2.81. The Bertz CT molecular complexity index is 6150. The Kier molecular flexibility index (Phi) is 21.3. The van der Waals surface area contributed by atoms with Crippen LogP contribution in [-0.2, 0) is 65.0 Å². The molecular formula is C119H119BN4. The van der Waals surface area contributed by atoms with E-state index in [1.54, 1.807) is 0 Å². The Labute approximate surface area is 739 Å². The summed E-state index contributed by atoms with van der Waals surface area (Å²) in [6.07, 6.45) is 1.54. The van der Waals surface area contributed by atoms with Crippen LogP contribution in [0.25, 0.3) is 66.3 Å². The second-order valence-electron chi connectivity index (χ2n) is 41.5. The van der Waals surface area contributed by atoms with Crippen LogP contribution >= 0.6 is 0 Å². The Balaban J connectivity index is 0.954. The number of para-hydroxylation sites is 3. The first-order valence-electron chi connectivity index (χ1n) is 45.0. The molecule has 0 fully saturated rings. The van der Waals surface area contributed by atoms with Crippen molar-refractivity contribution in [1.82, 2.24) is 4.57 Å². The maximum Gasteiger partial charge on any atom is 0.252 e. The fourth-order valence-electron chi connectivity index (χ4n) is 19.2. The van der Waals surface area contributed by atoms with Crippen molar-refractivity contribution >= 4 is 84.7 Å². The third kappa shape index (κ3) is 16.3. The number of nitrogens with zero attached hydrogens (tertiary/aromatic N) is 4. The van der Waals surface area contributed by atoms with Crippen LogP contribution in [0.4, 0.5) is 39.8 Å². The van der Waals surface area contributed by atoms with Crippen molar-refractivity contribution in [3.05, 3.63) is 406 Å². The number of benzene rings is 15. The number of aromatic nitrogens is 1. The van der Waals surface area contributed by atoms with Gasteiger partial charge in [0, 0.05) is 81.3 Å². The van der Waals surface area contributed by atoms with Gasteiger partial charge >= 0.3 is 0 Å². The molecule has 4 nitrogen and oxygen atoms in total. The lowest BCUT2D eigenvalue weighted by Gasteiger charge is -2.45. The standard InChI is InChI=1S/C119H119BN4/c1-114(2,3)88-61-81(62-89(69-88)115(4,5)6)59-79-53-56-105-109(65-79)122(77-103-98(84-39-25-19-26-40-84)71-92(118(13,14)15)72-99(103)85-41-27-20-28-42-85)111-67-83(76-121-107-52-38-37-51-97(107)102-75-96(55-58-108(102)121)124(94-47-33-23-34-48-94)95-49-35-24-36-50-95)68-112-113(111)120(105)106-57-54-80(60-82-63-90(116(7,8)9)70-91(64-82)117(10,11)12)66-110(106)123(112)78-104-100(86-43-29-21-30-44-86)73-93(119(16,17)18)74-101(104)87-45-31-22-32-46-87/h19-58,61-75H,59-60,76-78H2,1-18H3. The molecule has 618 valence electrons. The van der Waals surface area contributed by atoms with Crippen molar-refractivity contribution in [3.63, 3.8) is 0 Å². The third-order valence-electron chi connectivity index (χ3n) is 26.3. The van der Waals surface area contributed by atoms with Crippen LogP contribution in [0.3, 0.4) is 0 Å². The molecule has 16 aromatic rings. The van der Waals surface area contributed by atoms with E-state index in [2.05, 4.69) is 478 Å². The molecule has 0 atom stereocenters. The third-order valence-corrected chi connectivity index (χ3v) is 26.3. The highest BCUT2D eigenvalue weighted by molar-refractivity contribution is 7.00. The lowest BCUT2D eigenvalue weighted by atomic mass is 9.33. The number of anilines is 7. The zero-order valence-corrected chi connectivity index (χ0v) is 76.2. The van der Waals surface area contributed by atoms with Gasteiger partial charge in [-0.05, 0) is 251 Å². The molecule has 0 amide bonds. The second-order valence-corrected chi connectivity index (χ2v) is 41.5. The van der Waals surface area contributed by atoms with Gasteiger partial charge in [0.1, 0.15) is 0 Å². The van der Waals surface area contributed by atoms with Crippen molar-refractivity contribution in [3.8, 4) is 44.5 Å². The summed E-state index contributed by atoms with van der Waals surface area (Å²) in [4.78, 5) is 8.02. The van der Waals surface area contributed by atoms with E-state index in [0.29, 0.717) is 19.6 Å². The van der Waals surface area contributed by atoms with E-state index >= 15 is 0 Å². The molecule has 3 heterocycles. The number of fused-ring (bicyclic) bond motifs is 7. The van der Waals surface area contributed by atoms with Crippen molar-refractivity contribution in [2.24, 2.45) is 0 Å². The molecule has 0 saturated heterocycles. The van der Waals surface area contributed by atoms with Crippen LogP contribution in [0.5, 0.6) is 0 Å². The fraction of sp³-hybridized carbons (Fsp3) is 0.244. The molecule has 15 aromatic carbocycles. The van der Waals surface area contributed by atoms with E-state index in [0.717, 1.165) is 29.9 Å². The Hall–Kier alpha value is -12.4. The lowest BCUT2D eigenvalue weighted by Crippen LogP contribution is -2.62. The monoisotopic (exact) mass is 1610 g/mol. The molecule has 5 heteroatoms. The van der Waals surface area contributed by atoms with E-state index in [1.165, 1.54) is 178 Å². The average molecular weight is 1620 g/mol. The molecule has 0 bridgehead atoms. The fourth-order valence-corrected chi connectivity index (χ4v) is 19.2. The first-order valence-corrected chi connectivity index (χ1v) is 45.0. The van der Waals surface area contributed by atoms with E-state index in [1.807, 2.05) is 0 Å². The molecule has 0 spiro atoms. The van der Waals surface area contributed by atoms with Gasteiger partial charge in [-0.2, -0.15) is 0 Å². The van der Waals surface area contributed by atoms with Crippen molar-refractivity contribution in [2.45, 2.75) is 190 Å². The van der Waals surface area contributed by atoms with Gasteiger partial charge in [-0.1, -0.05) is 385 Å². The molecule has 0 unspecified atom stereocenters. The van der Waals surface area contributed by atoms with Gasteiger partial charge in [-0.3, -0.25) is 0 Å². The number of hydrogen-bond acceptors (Lipinski definition) is 3. The molecule has 2 aliphatic heterocycles. The van der Waals surface area contributed by atoms with E-state index in [4.69, 9.17) is 0 Å². The van der Waals surface area contributed by atoms with Crippen LogP contribution in [0, 0.1) is 0 Å². The minimum absolute atomic E-state index is 0.0542. The zero-order valence-electron chi connectivity index (χ0n) is 76.2. The smallest absolute Gasteiger partial charge is 0.252 e. The summed E-state index contributed by atoms with van der Waals surface area (Å²) < 4.78 is 2.63. The Morgan fingerprint density at radius 3 is 0.911 bits per heavy atom. The van der Waals surface area contributed by atoms with Gasteiger partial charge in [0.05, 0.1) is 0 Å². The molecule has 0 radical (unpaired) electrons. The predicted octanol–water partition coefficient (Wildman–Crippen LogP) is 29.8. The predicted molar refractivity (Wildman–Crippen MR) is 534 cm³/mol. The molecular weight excluding hydrogens is 1500 g/mol. The van der Waals surface area contributed by atoms with Gasteiger partial charge in [0.2, 0.25) is 0 Å². The SMILES string of the molecule is CC(C)(C)c1cc(Cc2ccc3c(c2)N(Cc2c(-c4ccccc4)cc(C(C)(C)C)cc2-c2ccccc2)c2cc(Cn4c5ccccc5c5cc(N(c6ccccc6)c6ccccc6)ccc54)cc4c2B3c2ccc(Cc3cc(C(C)(C)C)cc(C(C)(C)C)c3)cc2N4Cc2c(-c3ccccc3)cc(C(C)(C)C)cc2-c2ccccc2)cc(C(C)(C)C)c1. The van der Waals surface area contributed by atoms with Crippen LogP contribution in [0.1, 0.15) is 197 Å². The second kappa shape index (κ2) is 32.0. The van der Waals surface area contributed by atoms with Crippen molar-refractivity contribution in [1.29, 1.82) is 0 Å². The first kappa shape index (κ1) is 82.5. The number of rotatable bonds is 17. The average Bonchev–Trinajstić information content (AvgIpc) is 0.757. The highest BCUT2D eigenvalue weighted by atomic mass is 15.2. The Morgan fingerprint density at radius 1 is 0.242 bits per heavy atom. The van der Waals surface area contributed by atoms with E-state index in [-0.39, 0.29) is 39.2 Å². The van der Waals surface area contributed by atoms with Gasteiger partial charge in [-0.25, -0.2) is 0 Å². The van der Waals surface area contributed by atoms with Gasteiger partial charge in [-0.15, -0.1) is 0 Å². The largest absolute Gasteiger partial charge is 0.338 e. The van der Waals surface area contributed by atoms with Crippen molar-refractivity contribution in [2.75, 3.05) is 14.7 Å². The summed E-state index contributed by atoms with van der Waals surface area (Å²) in [5, 5.41) is 2.43. The summed E-state index contributed by atoms with van der Waals surface area (Å²) in [5.74, 6) is 0. The topological polar surface area (TPSA) is 14.7 Å². The molecule has 0 N–H and O–H groups in total. The quantitative estimate of drug-likeness (QED) is 0.0845. The lowest BCUT2D eigenvalue weighted by molar-refractivity contribution is 0.566. The molecule has 0 aliphatic carbocycles. The Morgan fingerprint density at radius 2 is 0.556 bits per heavy atom. The molecule has 2 aliphatic rings. The van der Waals surface area contributed by atoms with Crippen molar-refractivity contribution < 1.29 is 0 Å². The van der Waals surface area contributed by atoms with Crippen LogP contribution in [-0.4, -0.2) is 11.3 Å². The van der Waals surface area contributed by atoms with E-state index in [9.17, 15) is 0 Å². The molecule has 0 saturated carbocycles. The minimum Gasteiger partial charge on any atom is -0.338 e. The van der Waals surface area contributed by atoms with Gasteiger partial charge < -0.3 is 19.3 Å². The zero-order chi connectivity index (χ0) is 86.5. The van der Waals surface area contributed by atoms with Gasteiger partial charge in [0.15, 0.2) is 0 Å². The highest BCUT2D eigenvalue weighted by Crippen LogP contribution is 2.49. The first-order chi connectivity index (χ1) is 59.2. The minimum atomic E-state index is -0.173. The van der Waals surface area contributed by atoms with Gasteiger partial charge in [0.25, 0.3) is 6.71 Å². The van der Waals surface area contributed by atoms with Crippen LogP contribution < -0.4 is 31.1 Å². The van der Waals surface area contributed by atoms with Crippen LogP contribution in [0.2, 0.25) is 0 Å². The highest BCUT2D eigenvalue weighted by Gasteiger charge is 2.45. The summed E-state index contributed by atoms with van der Waals surface area (Å²) in [6.45, 7) is 44.2. The molecule has 18 rings (SSSR count). The normalized spacial score (nSPS) is 13.0. The summed E-state index contributed by atoms with van der Waals surface area (Å²) in [7, 11) is 0.